The SMILES string of the molecule is CCCN(CC(=O)Nc1cc(C(C)(C)C)nn1-c1ccccc1Cl)C(=O)c1cccc(Br)c1. The minimum absolute atomic E-state index is 0.0717. The van der Waals surface area contributed by atoms with Gasteiger partial charge in [-0.25, -0.2) is 4.68 Å². The minimum Gasteiger partial charge on any atom is -0.329 e. The third-order valence-electron chi connectivity index (χ3n) is 5.01. The molecule has 0 radical (unpaired) electrons. The number of rotatable bonds is 7. The van der Waals surface area contributed by atoms with E-state index in [2.05, 4.69) is 42.0 Å². The zero-order chi connectivity index (χ0) is 24.2. The molecule has 2 amide bonds. The fourth-order valence-corrected chi connectivity index (χ4v) is 3.94. The van der Waals surface area contributed by atoms with E-state index in [4.69, 9.17) is 16.7 Å². The van der Waals surface area contributed by atoms with Crippen molar-refractivity contribution in [2.45, 2.75) is 39.5 Å². The van der Waals surface area contributed by atoms with E-state index in [1.165, 1.54) is 0 Å². The summed E-state index contributed by atoms with van der Waals surface area (Å²) in [7, 11) is 0. The van der Waals surface area contributed by atoms with Gasteiger partial charge in [-0.2, -0.15) is 5.10 Å². The number of benzene rings is 2. The number of para-hydroxylation sites is 1. The summed E-state index contributed by atoms with van der Waals surface area (Å²) in [4.78, 5) is 27.6. The van der Waals surface area contributed by atoms with E-state index in [1.807, 2.05) is 37.3 Å². The van der Waals surface area contributed by atoms with Gasteiger partial charge in [0.15, 0.2) is 0 Å². The predicted molar refractivity (Wildman–Crippen MR) is 136 cm³/mol. The van der Waals surface area contributed by atoms with E-state index in [1.54, 1.807) is 33.8 Å². The van der Waals surface area contributed by atoms with Crippen molar-refractivity contribution in [1.29, 1.82) is 0 Å². The third-order valence-corrected chi connectivity index (χ3v) is 5.83. The number of hydrogen-bond acceptors (Lipinski definition) is 3. The zero-order valence-electron chi connectivity index (χ0n) is 19.2. The van der Waals surface area contributed by atoms with Crippen LogP contribution in [0.15, 0.2) is 59.1 Å². The first-order valence-corrected chi connectivity index (χ1v) is 12.0. The summed E-state index contributed by atoms with van der Waals surface area (Å²) < 4.78 is 2.45. The van der Waals surface area contributed by atoms with Gasteiger partial charge in [0, 0.05) is 28.1 Å². The predicted octanol–water partition coefficient (Wildman–Crippen LogP) is 6.08. The molecule has 0 saturated heterocycles. The molecule has 0 aliphatic heterocycles. The van der Waals surface area contributed by atoms with Crippen LogP contribution in [0.1, 0.15) is 50.2 Å². The summed E-state index contributed by atoms with van der Waals surface area (Å²) >= 11 is 9.81. The molecule has 0 saturated carbocycles. The molecular weight excluding hydrogens is 504 g/mol. The Balaban J connectivity index is 1.87. The summed E-state index contributed by atoms with van der Waals surface area (Å²) in [5, 5.41) is 8.16. The van der Waals surface area contributed by atoms with E-state index in [9.17, 15) is 9.59 Å². The molecule has 1 aromatic heterocycles. The van der Waals surface area contributed by atoms with Gasteiger partial charge in [0.1, 0.15) is 12.4 Å². The lowest BCUT2D eigenvalue weighted by molar-refractivity contribution is -0.116. The van der Waals surface area contributed by atoms with Gasteiger partial charge in [0.2, 0.25) is 5.91 Å². The van der Waals surface area contributed by atoms with Crippen LogP contribution in [0, 0.1) is 0 Å². The lowest BCUT2D eigenvalue weighted by Crippen LogP contribution is -2.38. The van der Waals surface area contributed by atoms with Crippen molar-refractivity contribution >= 4 is 45.2 Å². The molecule has 3 aromatic rings. The molecule has 1 N–H and O–H groups in total. The molecule has 0 bridgehead atoms. The number of nitrogens with one attached hydrogen (secondary N) is 1. The average molecular weight is 532 g/mol. The summed E-state index contributed by atoms with van der Waals surface area (Å²) in [5.41, 5.74) is 1.78. The fourth-order valence-electron chi connectivity index (χ4n) is 3.33. The van der Waals surface area contributed by atoms with Gasteiger partial charge in [-0.3, -0.25) is 9.59 Å². The normalized spacial score (nSPS) is 11.3. The molecule has 0 spiro atoms. The Labute approximate surface area is 208 Å². The number of nitrogens with zero attached hydrogens (tertiary/aromatic N) is 3. The maximum Gasteiger partial charge on any atom is 0.254 e. The van der Waals surface area contributed by atoms with Crippen LogP contribution in [0.5, 0.6) is 0 Å². The molecule has 3 rings (SSSR count). The van der Waals surface area contributed by atoms with E-state index in [-0.39, 0.29) is 23.8 Å². The van der Waals surface area contributed by atoms with Crippen LogP contribution >= 0.6 is 27.5 Å². The van der Waals surface area contributed by atoms with Crippen LogP contribution in [0.4, 0.5) is 5.82 Å². The standard InChI is InChI=1S/C25H28BrClN4O2/c1-5-13-30(24(33)17-9-8-10-18(26)14-17)16-23(32)28-22-15-21(25(2,3)4)29-31(22)20-12-7-6-11-19(20)27/h6-12,14-15H,5,13,16H2,1-4H3,(H,28,32). The van der Waals surface area contributed by atoms with E-state index in [0.717, 1.165) is 16.6 Å². The second-order valence-electron chi connectivity index (χ2n) is 8.81. The molecular formula is C25H28BrClN4O2. The van der Waals surface area contributed by atoms with Crippen molar-refractivity contribution in [3.8, 4) is 5.69 Å². The Morgan fingerprint density at radius 2 is 1.85 bits per heavy atom. The van der Waals surface area contributed by atoms with Crippen LogP contribution in [-0.4, -0.2) is 39.6 Å². The van der Waals surface area contributed by atoms with Gasteiger partial charge < -0.3 is 10.2 Å². The van der Waals surface area contributed by atoms with Gasteiger partial charge in [-0.15, -0.1) is 0 Å². The quantitative estimate of drug-likeness (QED) is 0.402. The van der Waals surface area contributed by atoms with E-state index < -0.39 is 0 Å². The van der Waals surface area contributed by atoms with Gasteiger partial charge >= 0.3 is 0 Å². The fraction of sp³-hybridized carbons (Fsp3) is 0.320. The molecule has 6 nitrogen and oxygen atoms in total. The van der Waals surface area contributed by atoms with Crippen LogP contribution in [0.25, 0.3) is 5.69 Å². The molecule has 0 aliphatic carbocycles. The van der Waals surface area contributed by atoms with Gasteiger partial charge in [-0.05, 0) is 36.8 Å². The Morgan fingerprint density at radius 1 is 1.12 bits per heavy atom. The van der Waals surface area contributed by atoms with Gasteiger partial charge in [0.25, 0.3) is 5.91 Å². The van der Waals surface area contributed by atoms with Crippen LogP contribution in [-0.2, 0) is 10.2 Å². The number of amides is 2. The molecule has 1 heterocycles. The highest BCUT2D eigenvalue weighted by Crippen LogP contribution is 2.29. The molecule has 0 aliphatic rings. The maximum atomic E-state index is 13.0. The molecule has 8 heteroatoms. The number of anilines is 1. The Hall–Kier alpha value is -2.64. The first-order chi connectivity index (χ1) is 15.6. The van der Waals surface area contributed by atoms with Crippen molar-refractivity contribution in [2.75, 3.05) is 18.4 Å². The lowest BCUT2D eigenvalue weighted by atomic mass is 9.92. The van der Waals surface area contributed by atoms with E-state index >= 15 is 0 Å². The number of carbonyl (C=O) groups excluding carboxylic acids is 2. The van der Waals surface area contributed by atoms with Crippen molar-refractivity contribution < 1.29 is 9.59 Å². The maximum absolute atomic E-state index is 13.0. The van der Waals surface area contributed by atoms with Gasteiger partial charge in [0.05, 0.1) is 16.4 Å². The summed E-state index contributed by atoms with van der Waals surface area (Å²) in [6.07, 6.45) is 0.735. The smallest absolute Gasteiger partial charge is 0.254 e. The molecule has 0 fully saturated rings. The highest BCUT2D eigenvalue weighted by Gasteiger charge is 2.24. The number of carbonyl (C=O) groups is 2. The van der Waals surface area contributed by atoms with Crippen LogP contribution < -0.4 is 5.32 Å². The zero-order valence-corrected chi connectivity index (χ0v) is 21.6. The summed E-state index contributed by atoms with van der Waals surface area (Å²) in [6, 6.07) is 16.3. The minimum atomic E-state index is -0.305. The molecule has 33 heavy (non-hydrogen) atoms. The molecule has 0 atom stereocenters. The second kappa shape index (κ2) is 10.5. The highest BCUT2D eigenvalue weighted by atomic mass is 79.9. The Morgan fingerprint density at radius 3 is 2.48 bits per heavy atom. The number of aromatic nitrogens is 2. The number of halogens is 2. The first-order valence-electron chi connectivity index (χ1n) is 10.8. The topological polar surface area (TPSA) is 67.2 Å². The summed E-state index contributed by atoms with van der Waals surface area (Å²) in [5.74, 6) is 0.00753. The van der Waals surface area contributed by atoms with E-state index in [0.29, 0.717) is 28.6 Å². The monoisotopic (exact) mass is 530 g/mol. The highest BCUT2D eigenvalue weighted by molar-refractivity contribution is 9.10. The van der Waals surface area contributed by atoms with Crippen molar-refractivity contribution in [3.63, 3.8) is 0 Å². The first kappa shape index (κ1) is 25.0. The lowest BCUT2D eigenvalue weighted by Gasteiger charge is -2.22. The Bertz CT molecular complexity index is 1150. The largest absolute Gasteiger partial charge is 0.329 e. The summed E-state index contributed by atoms with van der Waals surface area (Å²) in [6.45, 7) is 8.53. The van der Waals surface area contributed by atoms with Crippen LogP contribution in [0.3, 0.4) is 0 Å². The van der Waals surface area contributed by atoms with Crippen molar-refractivity contribution in [1.82, 2.24) is 14.7 Å². The van der Waals surface area contributed by atoms with Crippen molar-refractivity contribution in [3.05, 3.63) is 75.4 Å². The third kappa shape index (κ3) is 6.24. The molecule has 2 aromatic carbocycles. The number of hydrogen-bond donors (Lipinski definition) is 1. The molecule has 174 valence electrons. The van der Waals surface area contributed by atoms with Crippen molar-refractivity contribution in [2.24, 2.45) is 0 Å². The van der Waals surface area contributed by atoms with Gasteiger partial charge in [-0.1, -0.05) is 73.4 Å². The van der Waals surface area contributed by atoms with Crippen LogP contribution in [0.2, 0.25) is 5.02 Å². The molecule has 0 unspecified atom stereocenters. The average Bonchev–Trinajstić information content (AvgIpc) is 3.17. The Kier molecular flexibility index (Phi) is 7.97. The second-order valence-corrected chi connectivity index (χ2v) is 10.1.